The van der Waals surface area contributed by atoms with Gasteiger partial charge in [-0.15, -0.1) is 0 Å². The monoisotopic (exact) mass is 483 g/mol. The van der Waals surface area contributed by atoms with Gasteiger partial charge in [-0.2, -0.15) is 0 Å². The summed E-state index contributed by atoms with van der Waals surface area (Å²) in [6, 6.07) is 9.17. The van der Waals surface area contributed by atoms with Crippen molar-refractivity contribution in [1.29, 1.82) is 0 Å². The van der Waals surface area contributed by atoms with Crippen molar-refractivity contribution in [2.45, 2.75) is 27.2 Å². The van der Waals surface area contributed by atoms with Crippen LogP contribution in [0.2, 0.25) is 0 Å². The number of benzene rings is 2. The van der Waals surface area contributed by atoms with Gasteiger partial charge in [0.2, 0.25) is 5.91 Å². The molecule has 0 aliphatic carbocycles. The third-order valence-electron chi connectivity index (χ3n) is 5.11. The van der Waals surface area contributed by atoms with Crippen molar-refractivity contribution in [3.8, 4) is 11.5 Å². The fourth-order valence-electron chi connectivity index (χ4n) is 3.27. The van der Waals surface area contributed by atoms with Gasteiger partial charge >= 0.3 is 5.97 Å². The molecule has 1 amide bonds. The molecule has 180 valence electrons. The first-order chi connectivity index (χ1) is 16.3. The summed E-state index contributed by atoms with van der Waals surface area (Å²) in [4.78, 5) is 29.5. The molecular weight excluding hydrogens is 454 g/mol. The molecule has 9 heteroatoms. The molecule has 0 bridgehead atoms. The summed E-state index contributed by atoms with van der Waals surface area (Å²) in [5.41, 5.74) is 4.98. The summed E-state index contributed by atoms with van der Waals surface area (Å²) in [6.45, 7) is 6.12. The van der Waals surface area contributed by atoms with Crippen molar-refractivity contribution < 1.29 is 23.8 Å². The number of nitrogens with one attached hydrogen (secondary N) is 2. The Morgan fingerprint density at radius 2 is 1.85 bits per heavy atom. The van der Waals surface area contributed by atoms with Crippen molar-refractivity contribution >= 4 is 45.7 Å². The lowest BCUT2D eigenvalue weighted by Crippen LogP contribution is -2.16. The zero-order valence-corrected chi connectivity index (χ0v) is 20.8. The summed E-state index contributed by atoms with van der Waals surface area (Å²) in [5, 5.41) is 6.78. The molecule has 2 aromatic carbocycles. The number of aliphatic imine (C=N–C) groups is 1. The SMILES string of the molecule is CCOC(=O)CC1=CC(SCC(=O)Nc2ccc(OC)cc2OC)=Nc2cc(C)c(C)cc2N1. The fourth-order valence-corrected chi connectivity index (χ4v) is 4.01. The highest BCUT2D eigenvalue weighted by atomic mass is 32.2. The molecular formula is C25H29N3O5S. The molecule has 2 N–H and O–H groups in total. The Morgan fingerprint density at radius 3 is 2.56 bits per heavy atom. The molecule has 2 aromatic rings. The maximum absolute atomic E-state index is 12.7. The van der Waals surface area contributed by atoms with E-state index in [1.165, 1.54) is 18.9 Å². The highest BCUT2D eigenvalue weighted by Crippen LogP contribution is 2.34. The zero-order chi connectivity index (χ0) is 24.7. The van der Waals surface area contributed by atoms with Gasteiger partial charge in [0.15, 0.2) is 0 Å². The van der Waals surface area contributed by atoms with Gasteiger partial charge in [-0.3, -0.25) is 9.59 Å². The Morgan fingerprint density at radius 1 is 1.09 bits per heavy atom. The van der Waals surface area contributed by atoms with Gasteiger partial charge in [0.05, 0.1) is 55.1 Å². The normalized spacial score (nSPS) is 12.4. The maximum atomic E-state index is 12.7. The molecule has 0 radical (unpaired) electrons. The third-order valence-corrected chi connectivity index (χ3v) is 6.02. The number of fused-ring (bicyclic) bond motifs is 1. The van der Waals surface area contributed by atoms with E-state index < -0.39 is 0 Å². The van der Waals surface area contributed by atoms with Gasteiger partial charge in [-0.1, -0.05) is 11.8 Å². The van der Waals surface area contributed by atoms with Crippen molar-refractivity contribution in [2.75, 3.05) is 37.2 Å². The van der Waals surface area contributed by atoms with Gasteiger partial charge in [0.25, 0.3) is 0 Å². The summed E-state index contributed by atoms with van der Waals surface area (Å²) in [7, 11) is 3.10. The topological polar surface area (TPSA) is 98.3 Å². The molecule has 1 aliphatic rings. The van der Waals surface area contributed by atoms with E-state index in [-0.39, 0.29) is 24.1 Å². The number of carbonyl (C=O) groups excluding carboxylic acids is 2. The first kappa shape index (κ1) is 25.2. The van der Waals surface area contributed by atoms with Crippen LogP contribution in [0.4, 0.5) is 17.1 Å². The maximum Gasteiger partial charge on any atom is 0.311 e. The van der Waals surface area contributed by atoms with Gasteiger partial charge in [-0.25, -0.2) is 4.99 Å². The first-order valence-corrected chi connectivity index (χ1v) is 11.8. The van der Waals surface area contributed by atoms with Crippen LogP contribution in [0.3, 0.4) is 0 Å². The van der Waals surface area contributed by atoms with E-state index >= 15 is 0 Å². The summed E-state index contributed by atoms with van der Waals surface area (Å²) in [5.74, 6) is 0.714. The molecule has 0 saturated heterocycles. The first-order valence-electron chi connectivity index (χ1n) is 10.8. The molecule has 0 spiro atoms. The number of hydrogen-bond acceptors (Lipinski definition) is 8. The Hall–Kier alpha value is -3.46. The standard InChI is InChI=1S/C25H29N3O5S/c1-6-33-25(30)12-17-11-24(28-21-10-16(3)15(2)9-20(21)26-17)34-14-23(29)27-19-8-7-18(31-4)13-22(19)32-5/h7-11,13,26H,6,12,14H2,1-5H3,(H,27,29). The number of ether oxygens (including phenoxy) is 3. The number of thioether (sulfide) groups is 1. The van der Waals surface area contributed by atoms with Gasteiger partial charge < -0.3 is 24.8 Å². The number of rotatable bonds is 8. The molecule has 34 heavy (non-hydrogen) atoms. The van der Waals surface area contributed by atoms with Gasteiger partial charge in [-0.05, 0) is 62.2 Å². The minimum Gasteiger partial charge on any atom is -0.497 e. The smallest absolute Gasteiger partial charge is 0.311 e. The predicted octanol–water partition coefficient (Wildman–Crippen LogP) is 4.99. The van der Waals surface area contributed by atoms with Gasteiger partial charge in [0, 0.05) is 11.8 Å². The Balaban J connectivity index is 1.78. The number of amides is 1. The summed E-state index contributed by atoms with van der Waals surface area (Å²) < 4.78 is 15.6. The number of nitrogens with zero attached hydrogens (tertiary/aromatic N) is 1. The molecule has 3 rings (SSSR count). The van der Waals surface area contributed by atoms with Crippen LogP contribution >= 0.6 is 11.8 Å². The lowest BCUT2D eigenvalue weighted by atomic mass is 10.1. The summed E-state index contributed by atoms with van der Waals surface area (Å²) in [6.07, 6.45) is 1.86. The molecule has 1 heterocycles. The zero-order valence-electron chi connectivity index (χ0n) is 20.0. The second kappa shape index (κ2) is 11.6. The van der Waals surface area contributed by atoms with Crippen molar-refractivity contribution in [3.63, 3.8) is 0 Å². The van der Waals surface area contributed by atoms with Crippen LogP contribution in [0.1, 0.15) is 24.5 Å². The number of anilines is 2. The summed E-state index contributed by atoms with van der Waals surface area (Å²) >= 11 is 1.28. The number of hydrogen-bond donors (Lipinski definition) is 2. The van der Waals surface area contributed by atoms with Crippen molar-refractivity contribution in [2.24, 2.45) is 4.99 Å². The van der Waals surface area contributed by atoms with E-state index in [4.69, 9.17) is 19.2 Å². The minimum absolute atomic E-state index is 0.0784. The molecule has 8 nitrogen and oxygen atoms in total. The predicted molar refractivity (Wildman–Crippen MR) is 137 cm³/mol. The van der Waals surface area contributed by atoms with Crippen LogP contribution in [-0.2, 0) is 14.3 Å². The molecule has 0 saturated carbocycles. The van der Waals surface area contributed by atoms with Crippen LogP contribution < -0.4 is 20.1 Å². The number of aryl methyl sites for hydroxylation is 2. The fraction of sp³-hybridized carbons (Fsp3) is 0.320. The lowest BCUT2D eigenvalue weighted by Gasteiger charge is -2.12. The van der Waals surface area contributed by atoms with Crippen LogP contribution in [-0.4, -0.2) is 43.5 Å². The molecule has 0 atom stereocenters. The average Bonchev–Trinajstić information content (AvgIpc) is 2.96. The quantitative estimate of drug-likeness (QED) is 0.511. The Labute approximate surface area is 203 Å². The number of carbonyl (C=O) groups is 2. The number of esters is 1. The molecule has 0 fully saturated rings. The van der Waals surface area contributed by atoms with Crippen molar-refractivity contribution in [1.82, 2.24) is 0 Å². The highest BCUT2D eigenvalue weighted by Gasteiger charge is 2.17. The Bertz CT molecular complexity index is 1140. The molecule has 0 unspecified atom stereocenters. The van der Waals surface area contributed by atoms with Crippen LogP contribution in [0.5, 0.6) is 11.5 Å². The second-order valence-electron chi connectivity index (χ2n) is 7.58. The highest BCUT2D eigenvalue weighted by molar-refractivity contribution is 8.14. The number of methoxy groups -OCH3 is 2. The average molecular weight is 484 g/mol. The van der Waals surface area contributed by atoms with Crippen LogP contribution in [0, 0.1) is 13.8 Å². The molecule has 0 aromatic heterocycles. The van der Waals surface area contributed by atoms with Crippen molar-refractivity contribution in [3.05, 3.63) is 53.2 Å². The van der Waals surface area contributed by atoms with E-state index in [1.54, 1.807) is 38.3 Å². The van der Waals surface area contributed by atoms with E-state index in [0.29, 0.717) is 34.5 Å². The van der Waals surface area contributed by atoms with Crippen LogP contribution in [0.15, 0.2) is 47.1 Å². The van der Waals surface area contributed by atoms with E-state index in [2.05, 4.69) is 10.6 Å². The largest absolute Gasteiger partial charge is 0.497 e. The van der Waals surface area contributed by atoms with Gasteiger partial charge in [0.1, 0.15) is 11.5 Å². The van der Waals surface area contributed by atoms with E-state index in [1.807, 2.05) is 26.0 Å². The second-order valence-corrected chi connectivity index (χ2v) is 8.58. The molecule has 1 aliphatic heterocycles. The van der Waals surface area contributed by atoms with E-state index in [0.717, 1.165) is 22.5 Å². The van der Waals surface area contributed by atoms with Crippen LogP contribution in [0.25, 0.3) is 0 Å². The minimum atomic E-state index is -0.331. The van der Waals surface area contributed by atoms with E-state index in [9.17, 15) is 9.59 Å². The lowest BCUT2D eigenvalue weighted by molar-refractivity contribution is -0.142. The third kappa shape index (κ3) is 6.54. The Kier molecular flexibility index (Phi) is 8.59.